The molecule has 36 N–H and O–H groups in total. The number of primary amides is 1. The number of likely N-dealkylation sites (tertiary alicyclic amines) is 3. The van der Waals surface area contributed by atoms with E-state index in [9.17, 15) is 95.3 Å². The molecule has 0 bridgehead atoms. The zero-order chi connectivity index (χ0) is 99.4. The van der Waals surface area contributed by atoms with E-state index in [1.54, 1.807) is 44.2 Å². The van der Waals surface area contributed by atoms with E-state index < -0.39 is 223 Å². The fraction of sp³-hybridized carbons (Fsp3) is 0.593. The molecule has 738 valence electrons. The molecule has 3 aliphatic rings. The predicted molar refractivity (Wildman–Crippen MR) is 473 cm³/mol. The number of aliphatic carboxylic acids is 2. The number of carboxylic acid groups (broad SMARTS) is 2. The number of guanidine groups is 4. The number of halogens is 3. The largest absolute Gasteiger partial charge is 0.508 e. The molecule has 52 heteroatoms. The number of phenols is 1. The lowest BCUT2D eigenvalue weighted by molar-refractivity contribution is -0.192. The van der Waals surface area contributed by atoms with Crippen molar-refractivity contribution in [3.05, 3.63) is 65.7 Å². The lowest BCUT2D eigenvalue weighted by atomic mass is 10.0. The Morgan fingerprint density at radius 1 is 0.421 bits per heavy atom. The van der Waals surface area contributed by atoms with Gasteiger partial charge in [0.1, 0.15) is 78.3 Å². The molecular formula is C81H128F3N29O20. The summed E-state index contributed by atoms with van der Waals surface area (Å²) in [6.07, 6.45) is -4.55. The number of benzene rings is 2. The van der Waals surface area contributed by atoms with Crippen molar-refractivity contribution in [3.8, 4) is 5.75 Å². The Morgan fingerprint density at radius 3 is 1.19 bits per heavy atom. The standard InChI is InChI=1S/C79H127N29O18.C2HF3O2/c1-43(2)62(105-61(112)42-95-60(111)41-96-63(113)53(38-45-16-5-4-6-17-45)102-66(116)50(20-10-32-92-77(85)86)98-69(119)56-23-13-35-106(56)72(122)44(3)81)71(121)99-48(18-7-8-30-80)64(114)100-51(21-11-33-93-78(87)88)73(123)107-36-14-24-57(107)70(120)104-55(40-59(82)110)68(118)97-49(19-9-31-91-76(83)84)65(115)103-54(39-46-26-28-47(109)29-27-46)67(117)101-52(22-12-34-94-79(89)90)74(124)108-37-15-25-58(108)75(125)126;3-2(4,5)1(6)7/h4-6,16-17,26-29,43-44,48-58,62,109H,7-15,18-25,30-42,80-81H2,1-3H3,(H2,82,110)(H,95,111)(H,96,113)(H,97,118)(H,98,119)(H,99,121)(H,100,114)(H,101,117)(H,102,116)(H,103,115)(H,104,120)(H,105,112)(H,125,126)(H4,83,84,91)(H4,85,86,92)(H4,87,88,93)(H4,89,90,94);(H,6,7)/t44-,48-,49-,50-,51-,52-,53-,54-,55-,56-,57-,58-,62-;/m0./s1. The summed E-state index contributed by atoms with van der Waals surface area (Å²) in [6.45, 7) is 3.75. The van der Waals surface area contributed by atoms with Crippen molar-refractivity contribution in [2.24, 2.45) is 46.1 Å². The highest BCUT2D eigenvalue weighted by Gasteiger charge is 2.44. The van der Waals surface area contributed by atoms with Gasteiger partial charge in [0, 0.05) is 58.7 Å². The van der Waals surface area contributed by atoms with E-state index in [4.69, 9.17) is 71.7 Å². The molecule has 3 fully saturated rings. The number of aromatic hydroxyl groups is 1. The minimum Gasteiger partial charge on any atom is -0.508 e. The Kier molecular flexibility index (Phi) is 47.4. The molecule has 3 heterocycles. The van der Waals surface area contributed by atoms with Crippen molar-refractivity contribution in [2.45, 2.75) is 234 Å². The Balaban J connectivity index is 0.00000506. The van der Waals surface area contributed by atoms with Gasteiger partial charge in [0.15, 0.2) is 23.8 Å². The first-order valence-corrected chi connectivity index (χ1v) is 43.3. The summed E-state index contributed by atoms with van der Waals surface area (Å²) < 4.78 is 31.7. The molecule has 0 aliphatic carbocycles. The van der Waals surface area contributed by atoms with Gasteiger partial charge < -0.3 is 150 Å². The highest BCUT2D eigenvalue weighted by atomic mass is 19.4. The molecule has 3 aliphatic heterocycles. The van der Waals surface area contributed by atoms with E-state index in [0.29, 0.717) is 36.8 Å². The molecule has 0 spiro atoms. The second kappa shape index (κ2) is 56.6. The normalized spacial score (nSPS) is 16.7. The van der Waals surface area contributed by atoms with Crippen LogP contribution in [0.3, 0.4) is 0 Å². The van der Waals surface area contributed by atoms with E-state index >= 15 is 4.79 Å². The quantitative estimate of drug-likeness (QED) is 0.0166. The van der Waals surface area contributed by atoms with Crippen LogP contribution in [0.1, 0.15) is 147 Å². The number of alkyl halides is 3. The SMILES string of the molecule is CC(C)[C@H](NC(=O)CNC(=O)CNC(=O)[C@H](Cc1ccccc1)NC(=O)[C@H](CCCNC(=N)N)NC(=O)[C@@H]1CCCN1C(=O)[C@H](C)N)C(=O)N[C@@H](CCCCN)C(=O)N[C@@H](CCCNC(=N)N)C(=O)N1CCC[C@H]1C(=O)N[C@@H](CC(N)=O)C(=O)N[C@@H](CCCNC(=N)N)C(=O)N[C@@H](Cc1ccc(O)cc1)C(=O)N[C@@H](CCCNC(=N)N)C(=O)N1CCC[C@H]1C(=O)O.O=C(O)C(F)(F)F. The second-order valence-electron chi connectivity index (χ2n) is 32.2. The summed E-state index contributed by atoms with van der Waals surface area (Å²) in [7, 11) is 0. The molecule has 133 heavy (non-hydrogen) atoms. The van der Waals surface area contributed by atoms with Crippen LogP contribution in [0.4, 0.5) is 13.2 Å². The summed E-state index contributed by atoms with van der Waals surface area (Å²) in [6, 6.07) is -3.76. The first kappa shape index (κ1) is 111. The fourth-order valence-electron chi connectivity index (χ4n) is 14.5. The topological polar surface area (TPSA) is 819 Å². The molecule has 0 radical (unpaired) electrons. The van der Waals surface area contributed by atoms with Gasteiger partial charge in [0.25, 0.3) is 0 Å². The van der Waals surface area contributed by atoms with Gasteiger partial charge in [-0.3, -0.25) is 93.6 Å². The molecule has 15 amide bonds. The van der Waals surface area contributed by atoms with Gasteiger partial charge in [0.05, 0.1) is 25.6 Å². The monoisotopic (exact) mass is 1880 g/mol. The molecule has 0 saturated carbocycles. The molecule has 0 unspecified atom stereocenters. The summed E-state index contributed by atoms with van der Waals surface area (Å²) in [4.78, 5) is 237. The van der Waals surface area contributed by atoms with E-state index in [0.717, 1.165) is 9.80 Å². The Labute approximate surface area is 764 Å². The van der Waals surface area contributed by atoms with Gasteiger partial charge in [-0.2, -0.15) is 13.2 Å². The first-order valence-electron chi connectivity index (χ1n) is 43.3. The first-order chi connectivity index (χ1) is 62.7. The number of carboxylic acids is 2. The number of nitrogens with one attached hydrogen (secondary N) is 19. The number of phenolic OH excluding ortho intramolecular Hbond substituents is 1. The van der Waals surface area contributed by atoms with Crippen LogP contribution in [-0.4, -0.2) is 305 Å². The zero-order valence-corrected chi connectivity index (χ0v) is 74.3. The van der Waals surface area contributed by atoms with E-state index in [1.807, 2.05) is 0 Å². The van der Waals surface area contributed by atoms with E-state index in [-0.39, 0.29) is 166 Å². The lowest BCUT2D eigenvalue weighted by Crippen LogP contribution is -2.61. The van der Waals surface area contributed by atoms with Crippen molar-refractivity contribution in [3.63, 3.8) is 0 Å². The third kappa shape index (κ3) is 40.1. The van der Waals surface area contributed by atoms with Gasteiger partial charge in [-0.1, -0.05) is 56.3 Å². The van der Waals surface area contributed by atoms with Crippen LogP contribution >= 0.6 is 0 Å². The fourth-order valence-corrected chi connectivity index (χ4v) is 14.5. The minimum atomic E-state index is -5.08. The van der Waals surface area contributed by atoms with Crippen LogP contribution in [0.5, 0.6) is 5.75 Å². The predicted octanol–water partition coefficient (Wildman–Crippen LogP) is -7.48. The number of carbonyl (C=O) groups excluding carboxylic acids is 15. The number of unbranched alkanes of at least 4 members (excludes halogenated alkanes) is 1. The number of carbonyl (C=O) groups is 17. The van der Waals surface area contributed by atoms with Crippen LogP contribution in [-0.2, 0) is 94.3 Å². The minimum absolute atomic E-state index is 0.00407. The molecule has 0 aromatic heterocycles. The highest BCUT2D eigenvalue weighted by molar-refractivity contribution is 6.01. The van der Waals surface area contributed by atoms with Gasteiger partial charge in [-0.25, -0.2) is 9.59 Å². The molecule has 13 atom stereocenters. The van der Waals surface area contributed by atoms with Crippen molar-refractivity contribution in [1.29, 1.82) is 21.6 Å². The molecule has 2 aromatic rings. The maximum atomic E-state index is 15.0. The Bertz CT molecular complexity index is 4370. The second-order valence-corrected chi connectivity index (χ2v) is 32.2. The third-order valence-corrected chi connectivity index (χ3v) is 21.2. The molecular weight excluding hydrogens is 1760 g/mol. The number of hydrogen-bond donors (Lipinski definition) is 29. The summed E-state index contributed by atoms with van der Waals surface area (Å²) in [5.74, 6) is -19.5. The van der Waals surface area contributed by atoms with Crippen molar-refractivity contribution in [2.75, 3.05) is 65.4 Å². The number of rotatable bonds is 53. The van der Waals surface area contributed by atoms with Gasteiger partial charge in [-0.05, 0) is 152 Å². The summed E-state index contributed by atoms with van der Waals surface area (Å²) in [5.41, 5.74) is 40.4. The Morgan fingerprint density at radius 2 is 0.774 bits per heavy atom. The smallest absolute Gasteiger partial charge is 0.490 e. The number of nitrogens with zero attached hydrogens (tertiary/aromatic N) is 3. The zero-order valence-electron chi connectivity index (χ0n) is 74.3. The van der Waals surface area contributed by atoms with E-state index in [2.05, 4.69) is 79.8 Å². The lowest BCUT2D eigenvalue weighted by Gasteiger charge is -2.31. The highest BCUT2D eigenvalue weighted by Crippen LogP contribution is 2.25. The third-order valence-electron chi connectivity index (χ3n) is 21.2. The van der Waals surface area contributed by atoms with Crippen molar-refractivity contribution in [1.82, 2.24) is 94.5 Å². The van der Waals surface area contributed by atoms with Crippen molar-refractivity contribution < 1.29 is 110 Å². The molecule has 3 saturated heterocycles. The van der Waals surface area contributed by atoms with Crippen LogP contribution < -0.4 is 120 Å². The Hall–Kier alpha value is -14.0. The average molecular weight is 1890 g/mol. The molecule has 2 aromatic carbocycles. The van der Waals surface area contributed by atoms with Crippen LogP contribution in [0.15, 0.2) is 54.6 Å². The molecule has 49 nitrogen and oxygen atoms in total. The maximum absolute atomic E-state index is 15.0. The molecule has 5 rings (SSSR count). The average Bonchev–Trinajstić information content (AvgIpc) is 1.48. The summed E-state index contributed by atoms with van der Waals surface area (Å²) in [5, 5.41) is 96.7. The van der Waals surface area contributed by atoms with Gasteiger partial charge in [-0.15, -0.1) is 0 Å². The maximum Gasteiger partial charge on any atom is 0.490 e. The van der Waals surface area contributed by atoms with Crippen LogP contribution in [0, 0.1) is 27.6 Å². The summed E-state index contributed by atoms with van der Waals surface area (Å²) >= 11 is 0. The van der Waals surface area contributed by atoms with Crippen LogP contribution in [0.25, 0.3) is 0 Å². The van der Waals surface area contributed by atoms with Gasteiger partial charge in [0.2, 0.25) is 88.6 Å². The van der Waals surface area contributed by atoms with Crippen molar-refractivity contribution >= 4 is 124 Å². The number of amides is 15. The van der Waals surface area contributed by atoms with Crippen LogP contribution in [0.2, 0.25) is 0 Å². The van der Waals surface area contributed by atoms with Gasteiger partial charge >= 0.3 is 18.1 Å². The number of nitrogens with two attached hydrogens (primary N) is 7. The number of hydrogen-bond acceptors (Lipinski definition) is 24. The van der Waals surface area contributed by atoms with E-state index in [1.165, 1.54) is 36.1 Å².